The Hall–Kier alpha value is -1.56. The first-order valence-corrected chi connectivity index (χ1v) is 3.61. The SMILES string of the molecule is CC1=CNC(O)(CC(=O)O)N=C1O. The number of aliphatic hydroxyl groups excluding tert-OH is 1. The largest absolute Gasteiger partial charge is 0.493 e. The molecule has 1 rings (SSSR count). The topological polar surface area (TPSA) is 102 Å². The number of aliphatic imine (C=N–C) groups is 1. The second-order valence-electron chi connectivity index (χ2n) is 2.79. The van der Waals surface area contributed by atoms with Crippen molar-refractivity contribution in [1.82, 2.24) is 5.32 Å². The van der Waals surface area contributed by atoms with E-state index in [4.69, 9.17) is 10.2 Å². The highest BCUT2D eigenvalue weighted by Gasteiger charge is 2.31. The monoisotopic (exact) mass is 186 g/mol. The average Bonchev–Trinajstić information content (AvgIpc) is 1.96. The number of carbonyl (C=O) groups is 1. The zero-order chi connectivity index (χ0) is 10.1. The van der Waals surface area contributed by atoms with Gasteiger partial charge in [0.25, 0.3) is 0 Å². The van der Waals surface area contributed by atoms with Gasteiger partial charge in [0, 0.05) is 11.8 Å². The van der Waals surface area contributed by atoms with Crippen molar-refractivity contribution in [3.05, 3.63) is 11.8 Å². The van der Waals surface area contributed by atoms with E-state index in [1.54, 1.807) is 6.92 Å². The first-order valence-electron chi connectivity index (χ1n) is 3.61. The van der Waals surface area contributed by atoms with Crippen LogP contribution in [0.3, 0.4) is 0 Å². The molecule has 6 heteroatoms. The third-order valence-corrected chi connectivity index (χ3v) is 1.56. The minimum Gasteiger partial charge on any atom is -0.493 e. The van der Waals surface area contributed by atoms with Crippen molar-refractivity contribution in [2.24, 2.45) is 4.99 Å². The van der Waals surface area contributed by atoms with Gasteiger partial charge in [-0.3, -0.25) is 4.79 Å². The van der Waals surface area contributed by atoms with Gasteiger partial charge < -0.3 is 20.6 Å². The number of nitrogens with one attached hydrogen (secondary N) is 1. The molecule has 0 aromatic rings. The van der Waals surface area contributed by atoms with Crippen molar-refractivity contribution >= 4 is 11.9 Å². The summed E-state index contributed by atoms with van der Waals surface area (Å²) < 4.78 is 0. The van der Waals surface area contributed by atoms with Crippen LogP contribution in [-0.4, -0.2) is 33.0 Å². The van der Waals surface area contributed by atoms with Crippen LogP contribution in [0.4, 0.5) is 0 Å². The molecule has 1 atom stereocenters. The quantitative estimate of drug-likeness (QED) is 0.468. The van der Waals surface area contributed by atoms with Gasteiger partial charge in [-0.2, -0.15) is 4.99 Å². The maximum Gasteiger partial charge on any atom is 0.310 e. The summed E-state index contributed by atoms with van der Waals surface area (Å²) >= 11 is 0. The van der Waals surface area contributed by atoms with Gasteiger partial charge in [0.2, 0.25) is 11.7 Å². The fraction of sp³-hybridized carbons (Fsp3) is 0.429. The Bertz CT molecular complexity index is 297. The zero-order valence-electron chi connectivity index (χ0n) is 6.98. The molecule has 0 radical (unpaired) electrons. The van der Waals surface area contributed by atoms with Crippen LogP contribution in [0.15, 0.2) is 16.8 Å². The van der Waals surface area contributed by atoms with Crippen molar-refractivity contribution in [3.8, 4) is 0 Å². The Morgan fingerprint density at radius 1 is 1.77 bits per heavy atom. The smallest absolute Gasteiger partial charge is 0.310 e. The molecule has 1 unspecified atom stereocenters. The second-order valence-corrected chi connectivity index (χ2v) is 2.79. The van der Waals surface area contributed by atoms with E-state index in [-0.39, 0.29) is 5.90 Å². The first kappa shape index (κ1) is 9.53. The molecule has 0 aromatic heterocycles. The number of carboxylic acids is 1. The molecule has 0 saturated carbocycles. The lowest BCUT2D eigenvalue weighted by atomic mass is 10.2. The van der Waals surface area contributed by atoms with Crippen LogP contribution < -0.4 is 5.32 Å². The number of rotatable bonds is 2. The van der Waals surface area contributed by atoms with Gasteiger partial charge in [0.1, 0.15) is 6.42 Å². The Labute approximate surface area is 74.2 Å². The number of aliphatic carboxylic acids is 1. The summed E-state index contributed by atoms with van der Waals surface area (Å²) in [7, 11) is 0. The number of carboxylic acid groups (broad SMARTS) is 1. The number of hydrogen-bond acceptors (Lipinski definition) is 4. The molecule has 72 valence electrons. The number of nitrogens with zero attached hydrogens (tertiary/aromatic N) is 1. The maximum absolute atomic E-state index is 10.3. The average molecular weight is 186 g/mol. The van der Waals surface area contributed by atoms with E-state index in [0.29, 0.717) is 5.57 Å². The predicted molar refractivity (Wildman–Crippen MR) is 44.2 cm³/mol. The molecule has 0 fully saturated rings. The van der Waals surface area contributed by atoms with Crippen molar-refractivity contribution in [1.29, 1.82) is 0 Å². The molecule has 13 heavy (non-hydrogen) atoms. The standard InChI is InChI=1S/C7H10N2O4/c1-4-3-8-7(13,2-5(10)11)9-6(4)12/h3,8,13H,2H2,1H3,(H,9,12)(H,10,11). The molecule has 0 aliphatic carbocycles. The van der Waals surface area contributed by atoms with Gasteiger partial charge in [0.05, 0.1) is 0 Å². The summed E-state index contributed by atoms with van der Waals surface area (Å²) in [5.74, 6) is -3.50. The number of aliphatic hydroxyl groups is 2. The summed E-state index contributed by atoms with van der Waals surface area (Å²) in [4.78, 5) is 13.7. The Morgan fingerprint density at radius 3 is 2.85 bits per heavy atom. The van der Waals surface area contributed by atoms with Gasteiger partial charge in [-0.05, 0) is 6.92 Å². The summed E-state index contributed by atoms with van der Waals surface area (Å²) in [5.41, 5.74) is 0.440. The van der Waals surface area contributed by atoms with E-state index >= 15 is 0 Å². The summed E-state index contributed by atoms with van der Waals surface area (Å²) in [6.45, 7) is 1.58. The van der Waals surface area contributed by atoms with Crippen LogP contribution in [-0.2, 0) is 4.79 Å². The van der Waals surface area contributed by atoms with E-state index in [1.807, 2.05) is 0 Å². The van der Waals surface area contributed by atoms with Gasteiger partial charge in [-0.15, -0.1) is 0 Å². The van der Waals surface area contributed by atoms with Crippen molar-refractivity contribution < 1.29 is 20.1 Å². The fourth-order valence-corrected chi connectivity index (χ4v) is 0.885. The highest BCUT2D eigenvalue weighted by Crippen LogP contribution is 2.14. The maximum atomic E-state index is 10.3. The van der Waals surface area contributed by atoms with Gasteiger partial charge in [-0.25, -0.2) is 0 Å². The molecular formula is C7H10N2O4. The van der Waals surface area contributed by atoms with Gasteiger partial charge in [0.15, 0.2) is 0 Å². The molecule has 0 aromatic carbocycles. The van der Waals surface area contributed by atoms with Crippen LogP contribution in [0.2, 0.25) is 0 Å². The van der Waals surface area contributed by atoms with Gasteiger partial charge in [-0.1, -0.05) is 0 Å². The third-order valence-electron chi connectivity index (χ3n) is 1.56. The molecule has 1 aliphatic rings. The lowest BCUT2D eigenvalue weighted by Gasteiger charge is -2.25. The van der Waals surface area contributed by atoms with E-state index < -0.39 is 18.2 Å². The van der Waals surface area contributed by atoms with Crippen LogP contribution in [0.25, 0.3) is 0 Å². The molecule has 0 bridgehead atoms. The van der Waals surface area contributed by atoms with E-state index in [1.165, 1.54) is 6.20 Å². The van der Waals surface area contributed by atoms with E-state index in [9.17, 15) is 9.90 Å². The Kier molecular flexibility index (Phi) is 2.24. The third kappa shape index (κ3) is 2.19. The lowest BCUT2D eigenvalue weighted by molar-refractivity contribution is -0.143. The predicted octanol–water partition coefficient (Wildman–Crippen LogP) is -0.429. The van der Waals surface area contributed by atoms with Gasteiger partial charge >= 0.3 is 5.97 Å². The van der Waals surface area contributed by atoms with E-state index in [0.717, 1.165) is 0 Å². The zero-order valence-corrected chi connectivity index (χ0v) is 6.98. The van der Waals surface area contributed by atoms with Crippen LogP contribution in [0.5, 0.6) is 0 Å². The summed E-state index contributed by atoms with van der Waals surface area (Å²) in [5, 5.41) is 29.3. The second kappa shape index (κ2) is 3.06. The Morgan fingerprint density at radius 2 is 2.38 bits per heavy atom. The molecule has 1 aliphatic heterocycles. The first-order chi connectivity index (χ1) is 5.93. The lowest BCUT2D eigenvalue weighted by Crippen LogP contribution is -2.45. The minimum atomic E-state index is -1.94. The molecule has 6 nitrogen and oxygen atoms in total. The highest BCUT2D eigenvalue weighted by atomic mass is 16.4. The summed E-state index contributed by atoms with van der Waals surface area (Å²) in [6, 6.07) is 0. The molecule has 0 amide bonds. The fourth-order valence-electron chi connectivity index (χ4n) is 0.885. The van der Waals surface area contributed by atoms with Crippen molar-refractivity contribution in [3.63, 3.8) is 0 Å². The molecule has 0 spiro atoms. The normalized spacial score (nSPS) is 27.2. The van der Waals surface area contributed by atoms with Crippen LogP contribution >= 0.6 is 0 Å². The van der Waals surface area contributed by atoms with E-state index in [2.05, 4.69) is 10.3 Å². The summed E-state index contributed by atoms with van der Waals surface area (Å²) in [6.07, 6.45) is 0.701. The highest BCUT2D eigenvalue weighted by molar-refractivity contribution is 5.92. The number of hydrogen-bond donors (Lipinski definition) is 4. The molecule has 0 saturated heterocycles. The van der Waals surface area contributed by atoms with Crippen molar-refractivity contribution in [2.45, 2.75) is 19.2 Å². The Balaban J connectivity index is 2.81. The minimum absolute atomic E-state index is 0.359. The molecule has 1 heterocycles. The molecule has 4 N–H and O–H groups in total. The molecular weight excluding hydrogens is 176 g/mol. The van der Waals surface area contributed by atoms with Crippen LogP contribution in [0, 0.1) is 0 Å². The van der Waals surface area contributed by atoms with Crippen molar-refractivity contribution in [2.75, 3.05) is 0 Å². The van der Waals surface area contributed by atoms with Crippen LogP contribution in [0.1, 0.15) is 13.3 Å².